The molecule has 0 amide bonds. The van der Waals surface area contributed by atoms with Crippen LogP contribution in [-0.4, -0.2) is 15.8 Å². The predicted molar refractivity (Wildman–Crippen MR) is 66.3 cm³/mol. The van der Waals surface area contributed by atoms with Crippen molar-refractivity contribution in [2.24, 2.45) is 13.0 Å². The summed E-state index contributed by atoms with van der Waals surface area (Å²) in [5.74, 6) is 0.889. The van der Waals surface area contributed by atoms with Crippen molar-refractivity contribution in [1.82, 2.24) is 15.1 Å². The molecule has 2 rings (SSSR count). The lowest BCUT2D eigenvalue weighted by atomic mass is 10.1. The Morgan fingerprint density at radius 2 is 2.25 bits per heavy atom. The van der Waals surface area contributed by atoms with Crippen LogP contribution in [0.4, 0.5) is 0 Å². The normalized spacial score (nSPS) is 27.2. The van der Waals surface area contributed by atoms with Gasteiger partial charge in [0, 0.05) is 30.4 Å². The van der Waals surface area contributed by atoms with Crippen LogP contribution in [0.5, 0.6) is 0 Å². The number of aromatic nitrogens is 2. The lowest BCUT2D eigenvalue weighted by Gasteiger charge is -2.19. The zero-order valence-corrected chi connectivity index (χ0v) is 10.8. The maximum Gasteiger partial charge on any atom is 0.0540 e. The van der Waals surface area contributed by atoms with Crippen LogP contribution >= 0.6 is 0 Å². The third-order valence-electron chi connectivity index (χ3n) is 3.92. The fraction of sp³-hybridized carbons (Fsp3) is 0.769. The second-order valence-corrected chi connectivity index (χ2v) is 5.31. The number of nitrogens with one attached hydrogen (secondary N) is 1. The lowest BCUT2D eigenvalue weighted by Crippen LogP contribution is -2.29. The summed E-state index contributed by atoms with van der Waals surface area (Å²) in [5, 5.41) is 8.03. The van der Waals surface area contributed by atoms with Crippen molar-refractivity contribution < 1.29 is 0 Å². The SMILES string of the molecule is Cc1c(C(C)NC2CCC(C)C2)cnn1C. The van der Waals surface area contributed by atoms with E-state index in [2.05, 4.69) is 31.2 Å². The molecule has 16 heavy (non-hydrogen) atoms. The molecule has 90 valence electrons. The summed E-state index contributed by atoms with van der Waals surface area (Å²) in [7, 11) is 2.00. The van der Waals surface area contributed by atoms with E-state index in [1.54, 1.807) is 0 Å². The number of hydrogen-bond donors (Lipinski definition) is 1. The smallest absolute Gasteiger partial charge is 0.0540 e. The van der Waals surface area contributed by atoms with Gasteiger partial charge in [-0.2, -0.15) is 5.10 Å². The minimum atomic E-state index is 0.420. The van der Waals surface area contributed by atoms with Crippen LogP contribution in [0.2, 0.25) is 0 Å². The molecular weight excluding hydrogens is 198 g/mol. The van der Waals surface area contributed by atoms with E-state index in [1.165, 1.54) is 30.5 Å². The Kier molecular flexibility index (Phi) is 3.33. The zero-order valence-electron chi connectivity index (χ0n) is 10.8. The standard InChI is InChI=1S/C13H23N3/c1-9-5-6-12(7-9)15-10(2)13-8-14-16(4)11(13)3/h8-10,12,15H,5-7H2,1-4H3. The van der Waals surface area contributed by atoms with E-state index < -0.39 is 0 Å². The van der Waals surface area contributed by atoms with Gasteiger partial charge in [-0.05, 0) is 39.0 Å². The molecule has 0 aliphatic heterocycles. The molecular formula is C13H23N3. The Bertz CT molecular complexity index is 356. The van der Waals surface area contributed by atoms with Crippen LogP contribution in [0.1, 0.15) is 50.4 Å². The highest BCUT2D eigenvalue weighted by molar-refractivity contribution is 5.19. The van der Waals surface area contributed by atoms with E-state index in [9.17, 15) is 0 Å². The van der Waals surface area contributed by atoms with Crippen LogP contribution in [-0.2, 0) is 7.05 Å². The minimum absolute atomic E-state index is 0.420. The third-order valence-corrected chi connectivity index (χ3v) is 3.92. The van der Waals surface area contributed by atoms with Gasteiger partial charge in [0.15, 0.2) is 0 Å². The molecule has 1 aromatic heterocycles. The summed E-state index contributed by atoms with van der Waals surface area (Å²) in [6, 6.07) is 1.12. The number of hydrogen-bond acceptors (Lipinski definition) is 2. The van der Waals surface area contributed by atoms with Gasteiger partial charge in [0.1, 0.15) is 0 Å². The van der Waals surface area contributed by atoms with Crippen LogP contribution < -0.4 is 5.32 Å². The van der Waals surface area contributed by atoms with Gasteiger partial charge in [0.25, 0.3) is 0 Å². The summed E-state index contributed by atoms with van der Waals surface area (Å²) in [5.41, 5.74) is 2.60. The van der Waals surface area contributed by atoms with Gasteiger partial charge in [-0.15, -0.1) is 0 Å². The lowest BCUT2D eigenvalue weighted by molar-refractivity contribution is 0.448. The van der Waals surface area contributed by atoms with Crippen molar-refractivity contribution in [2.45, 2.75) is 52.1 Å². The highest BCUT2D eigenvalue weighted by Gasteiger charge is 2.23. The average Bonchev–Trinajstić information content (AvgIpc) is 2.76. The van der Waals surface area contributed by atoms with Crippen LogP contribution in [0.3, 0.4) is 0 Å². The molecule has 1 heterocycles. The molecule has 0 spiro atoms. The van der Waals surface area contributed by atoms with Crippen molar-refractivity contribution in [3.05, 3.63) is 17.5 Å². The molecule has 0 bridgehead atoms. The maximum absolute atomic E-state index is 4.30. The summed E-state index contributed by atoms with van der Waals surface area (Å²) in [4.78, 5) is 0. The molecule has 3 heteroatoms. The summed E-state index contributed by atoms with van der Waals surface area (Å²) in [6.45, 7) is 6.73. The van der Waals surface area contributed by atoms with E-state index >= 15 is 0 Å². The average molecular weight is 221 g/mol. The summed E-state index contributed by atoms with van der Waals surface area (Å²) in [6.07, 6.45) is 6.01. The fourth-order valence-corrected chi connectivity index (χ4v) is 2.74. The quantitative estimate of drug-likeness (QED) is 0.850. The van der Waals surface area contributed by atoms with E-state index in [1.807, 2.05) is 17.9 Å². The Labute approximate surface area is 98.2 Å². The number of rotatable bonds is 3. The Morgan fingerprint density at radius 1 is 1.50 bits per heavy atom. The van der Waals surface area contributed by atoms with Crippen LogP contribution in [0, 0.1) is 12.8 Å². The first-order valence-corrected chi connectivity index (χ1v) is 6.32. The fourth-order valence-electron chi connectivity index (χ4n) is 2.74. The van der Waals surface area contributed by atoms with E-state index in [-0.39, 0.29) is 0 Å². The highest BCUT2D eigenvalue weighted by atomic mass is 15.3. The number of nitrogens with zero attached hydrogens (tertiary/aromatic N) is 2. The van der Waals surface area contributed by atoms with Crippen molar-refractivity contribution in [3.8, 4) is 0 Å². The zero-order chi connectivity index (χ0) is 11.7. The molecule has 1 N–H and O–H groups in total. The first-order valence-electron chi connectivity index (χ1n) is 6.32. The van der Waals surface area contributed by atoms with Gasteiger partial charge in [0.05, 0.1) is 6.20 Å². The van der Waals surface area contributed by atoms with Crippen molar-refractivity contribution in [3.63, 3.8) is 0 Å². The van der Waals surface area contributed by atoms with Gasteiger partial charge in [-0.3, -0.25) is 4.68 Å². The van der Waals surface area contributed by atoms with Crippen LogP contribution in [0.15, 0.2) is 6.20 Å². The second kappa shape index (κ2) is 4.58. The van der Waals surface area contributed by atoms with Crippen molar-refractivity contribution >= 4 is 0 Å². The Balaban J connectivity index is 1.98. The molecule has 1 saturated carbocycles. The molecule has 0 aromatic carbocycles. The van der Waals surface area contributed by atoms with Gasteiger partial charge < -0.3 is 5.32 Å². The first-order chi connectivity index (χ1) is 7.58. The molecule has 1 aliphatic carbocycles. The van der Waals surface area contributed by atoms with Crippen LogP contribution in [0.25, 0.3) is 0 Å². The summed E-state index contributed by atoms with van der Waals surface area (Å²) < 4.78 is 1.95. The van der Waals surface area contributed by atoms with Crippen molar-refractivity contribution in [2.75, 3.05) is 0 Å². The molecule has 3 atom stereocenters. The van der Waals surface area contributed by atoms with Gasteiger partial charge >= 0.3 is 0 Å². The van der Waals surface area contributed by atoms with Gasteiger partial charge in [-0.25, -0.2) is 0 Å². The maximum atomic E-state index is 4.30. The van der Waals surface area contributed by atoms with Crippen molar-refractivity contribution in [1.29, 1.82) is 0 Å². The molecule has 1 aliphatic rings. The molecule has 0 radical (unpaired) electrons. The number of aryl methyl sites for hydroxylation is 1. The largest absolute Gasteiger partial charge is 0.307 e. The predicted octanol–water partition coefficient (Wildman–Crippen LogP) is 2.57. The molecule has 3 nitrogen and oxygen atoms in total. The third kappa shape index (κ3) is 2.29. The van der Waals surface area contributed by atoms with Gasteiger partial charge in [-0.1, -0.05) is 6.92 Å². The van der Waals surface area contributed by atoms with E-state index in [4.69, 9.17) is 0 Å². The monoisotopic (exact) mass is 221 g/mol. The van der Waals surface area contributed by atoms with E-state index in [0.29, 0.717) is 12.1 Å². The Morgan fingerprint density at radius 3 is 2.75 bits per heavy atom. The minimum Gasteiger partial charge on any atom is -0.307 e. The second-order valence-electron chi connectivity index (χ2n) is 5.31. The van der Waals surface area contributed by atoms with Gasteiger partial charge in [0.2, 0.25) is 0 Å². The highest BCUT2D eigenvalue weighted by Crippen LogP contribution is 2.27. The first kappa shape index (κ1) is 11.6. The van der Waals surface area contributed by atoms with E-state index in [0.717, 1.165) is 5.92 Å². The summed E-state index contributed by atoms with van der Waals surface area (Å²) >= 11 is 0. The molecule has 0 saturated heterocycles. The Hall–Kier alpha value is -0.830. The molecule has 3 unspecified atom stereocenters. The molecule has 1 fully saturated rings. The molecule has 1 aromatic rings. The topological polar surface area (TPSA) is 29.9 Å².